The highest BCUT2D eigenvalue weighted by Gasteiger charge is 2.41. The molecule has 1 fully saturated rings. The first-order valence-electron chi connectivity index (χ1n) is 6.00. The van der Waals surface area contributed by atoms with Crippen LogP contribution < -0.4 is 5.73 Å². The van der Waals surface area contributed by atoms with Crippen molar-refractivity contribution in [3.8, 4) is 0 Å². The van der Waals surface area contributed by atoms with Gasteiger partial charge < -0.3 is 10.8 Å². The van der Waals surface area contributed by atoms with Gasteiger partial charge in [0.2, 0.25) is 0 Å². The molecule has 0 saturated carbocycles. The molecule has 1 aromatic rings. The Bertz CT molecular complexity index is 566. The van der Waals surface area contributed by atoms with Gasteiger partial charge >= 0.3 is 5.97 Å². The summed E-state index contributed by atoms with van der Waals surface area (Å²) in [5.74, 6) is -1.02. The number of nitrogens with two attached hydrogens (primary N) is 1. The maximum Gasteiger partial charge on any atom is 0.325 e. The van der Waals surface area contributed by atoms with Crippen molar-refractivity contribution >= 4 is 27.6 Å². The lowest BCUT2D eigenvalue weighted by molar-refractivity contribution is -0.385. The normalized spacial score (nSPS) is 22.9. The van der Waals surface area contributed by atoms with Crippen LogP contribution in [-0.2, 0) is 11.3 Å². The minimum atomic E-state index is -1.23. The van der Waals surface area contributed by atoms with E-state index < -0.39 is 16.4 Å². The van der Waals surface area contributed by atoms with Gasteiger partial charge in [-0.25, -0.2) is 0 Å². The molecule has 1 atom stereocenters. The largest absolute Gasteiger partial charge is 0.480 e. The van der Waals surface area contributed by atoms with Crippen LogP contribution in [0.25, 0.3) is 0 Å². The Labute approximate surface area is 123 Å². The van der Waals surface area contributed by atoms with Crippen molar-refractivity contribution < 1.29 is 14.8 Å². The predicted molar refractivity (Wildman–Crippen MR) is 75.2 cm³/mol. The van der Waals surface area contributed by atoms with E-state index in [1.807, 2.05) is 4.90 Å². The van der Waals surface area contributed by atoms with E-state index in [1.54, 1.807) is 12.1 Å². The highest BCUT2D eigenvalue weighted by atomic mass is 79.9. The Morgan fingerprint density at radius 2 is 2.30 bits per heavy atom. The Hall–Kier alpha value is -1.51. The predicted octanol–water partition coefficient (Wildman–Crippen LogP) is 1.35. The SMILES string of the molecule is NC1(C(=O)O)CCN(Cc2cccc([N+](=O)[O-])c2Br)C1. The summed E-state index contributed by atoms with van der Waals surface area (Å²) in [7, 11) is 0. The van der Waals surface area contributed by atoms with Gasteiger partial charge in [0.15, 0.2) is 0 Å². The van der Waals surface area contributed by atoms with Crippen LogP contribution in [-0.4, -0.2) is 39.5 Å². The first-order valence-corrected chi connectivity index (χ1v) is 6.79. The fraction of sp³-hybridized carbons (Fsp3) is 0.417. The number of hydrogen-bond donors (Lipinski definition) is 2. The van der Waals surface area contributed by atoms with Gasteiger partial charge in [-0.05, 0) is 27.9 Å². The maximum atomic E-state index is 11.1. The number of halogens is 1. The molecule has 1 unspecified atom stereocenters. The van der Waals surface area contributed by atoms with Crippen molar-refractivity contribution in [3.63, 3.8) is 0 Å². The van der Waals surface area contributed by atoms with Crippen molar-refractivity contribution in [1.82, 2.24) is 4.90 Å². The van der Waals surface area contributed by atoms with Crippen LogP contribution >= 0.6 is 15.9 Å². The third-order valence-corrected chi connectivity index (χ3v) is 4.37. The molecule has 1 aliphatic heterocycles. The lowest BCUT2D eigenvalue weighted by Gasteiger charge is -2.20. The van der Waals surface area contributed by atoms with Gasteiger partial charge in [-0.2, -0.15) is 0 Å². The standard InChI is InChI=1S/C12H14BrN3O4/c13-10-8(2-1-3-9(10)16(19)20)6-15-5-4-12(14,7-15)11(17)18/h1-3H,4-7,14H2,(H,17,18). The van der Waals surface area contributed by atoms with Crippen molar-refractivity contribution in [2.45, 2.75) is 18.5 Å². The number of carboxylic acid groups (broad SMARTS) is 1. The second kappa shape index (κ2) is 5.47. The summed E-state index contributed by atoms with van der Waals surface area (Å²) in [5, 5.41) is 19.9. The molecule has 0 spiro atoms. The average Bonchev–Trinajstić information content (AvgIpc) is 2.75. The molecule has 0 amide bonds. The molecule has 7 nitrogen and oxygen atoms in total. The van der Waals surface area contributed by atoms with E-state index in [-0.39, 0.29) is 12.2 Å². The van der Waals surface area contributed by atoms with Crippen LogP contribution in [0.4, 0.5) is 5.69 Å². The van der Waals surface area contributed by atoms with Gasteiger partial charge in [0, 0.05) is 25.7 Å². The topological polar surface area (TPSA) is 110 Å². The number of nitrogens with zero attached hydrogens (tertiary/aromatic N) is 2. The molecule has 0 radical (unpaired) electrons. The van der Waals surface area contributed by atoms with Gasteiger partial charge in [-0.3, -0.25) is 19.8 Å². The minimum Gasteiger partial charge on any atom is -0.480 e. The van der Waals surface area contributed by atoms with E-state index in [2.05, 4.69) is 15.9 Å². The molecular weight excluding hydrogens is 330 g/mol. The maximum absolute atomic E-state index is 11.1. The molecule has 0 aliphatic carbocycles. The summed E-state index contributed by atoms with van der Waals surface area (Å²) in [4.78, 5) is 23.4. The quantitative estimate of drug-likeness (QED) is 0.630. The first kappa shape index (κ1) is 14.9. The zero-order valence-corrected chi connectivity index (χ0v) is 12.2. The summed E-state index contributed by atoms with van der Waals surface area (Å²) in [6, 6.07) is 4.80. The lowest BCUT2D eigenvalue weighted by Crippen LogP contribution is -2.50. The van der Waals surface area contributed by atoms with Crippen molar-refractivity contribution in [2.75, 3.05) is 13.1 Å². The number of carboxylic acids is 1. The summed E-state index contributed by atoms with van der Waals surface area (Å²) in [6.45, 7) is 1.21. The number of aliphatic carboxylic acids is 1. The molecule has 2 rings (SSSR count). The van der Waals surface area contributed by atoms with E-state index in [4.69, 9.17) is 10.8 Å². The molecule has 1 saturated heterocycles. The van der Waals surface area contributed by atoms with Crippen molar-refractivity contribution in [1.29, 1.82) is 0 Å². The number of nitro groups is 1. The fourth-order valence-corrected chi connectivity index (χ4v) is 2.83. The van der Waals surface area contributed by atoms with E-state index in [0.717, 1.165) is 5.56 Å². The zero-order chi connectivity index (χ0) is 14.9. The lowest BCUT2D eigenvalue weighted by atomic mass is 10.0. The van der Waals surface area contributed by atoms with Crippen molar-refractivity contribution in [3.05, 3.63) is 38.3 Å². The number of benzene rings is 1. The smallest absolute Gasteiger partial charge is 0.325 e. The molecule has 3 N–H and O–H groups in total. The molecule has 8 heteroatoms. The van der Waals surface area contributed by atoms with Crippen LogP contribution in [0.3, 0.4) is 0 Å². The number of likely N-dealkylation sites (tertiary alicyclic amines) is 1. The molecule has 0 aromatic heterocycles. The van der Waals surface area contributed by atoms with E-state index >= 15 is 0 Å². The molecule has 1 aromatic carbocycles. The van der Waals surface area contributed by atoms with Crippen LogP contribution in [0.15, 0.2) is 22.7 Å². The van der Waals surface area contributed by atoms with E-state index in [0.29, 0.717) is 24.0 Å². The summed E-state index contributed by atoms with van der Waals surface area (Å²) in [6.07, 6.45) is 0.370. The van der Waals surface area contributed by atoms with Crippen LogP contribution in [0.1, 0.15) is 12.0 Å². The number of hydrogen-bond acceptors (Lipinski definition) is 5. The zero-order valence-electron chi connectivity index (χ0n) is 10.6. The Balaban J connectivity index is 2.15. The summed E-state index contributed by atoms with van der Waals surface area (Å²) >= 11 is 3.23. The van der Waals surface area contributed by atoms with Crippen LogP contribution in [0.5, 0.6) is 0 Å². The van der Waals surface area contributed by atoms with Gasteiger partial charge in [-0.15, -0.1) is 0 Å². The van der Waals surface area contributed by atoms with Crippen molar-refractivity contribution in [2.24, 2.45) is 5.73 Å². The van der Waals surface area contributed by atoms with E-state index in [9.17, 15) is 14.9 Å². The average molecular weight is 344 g/mol. The monoisotopic (exact) mass is 343 g/mol. The molecule has 108 valence electrons. The second-order valence-corrected chi connectivity index (χ2v) is 5.72. The Morgan fingerprint density at radius 1 is 1.60 bits per heavy atom. The molecular formula is C12H14BrN3O4. The third-order valence-electron chi connectivity index (χ3n) is 3.45. The molecule has 1 heterocycles. The fourth-order valence-electron chi connectivity index (χ4n) is 2.29. The van der Waals surface area contributed by atoms with Crippen LogP contribution in [0.2, 0.25) is 0 Å². The summed E-state index contributed by atoms with van der Waals surface area (Å²) in [5.41, 5.74) is 5.32. The highest BCUT2D eigenvalue weighted by Crippen LogP contribution is 2.30. The minimum absolute atomic E-state index is 0.000978. The number of rotatable bonds is 4. The Kier molecular flexibility index (Phi) is 4.07. The van der Waals surface area contributed by atoms with Crippen LogP contribution in [0, 0.1) is 10.1 Å². The third kappa shape index (κ3) is 2.82. The highest BCUT2D eigenvalue weighted by molar-refractivity contribution is 9.10. The molecule has 20 heavy (non-hydrogen) atoms. The Morgan fingerprint density at radius 3 is 2.85 bits per heavy atom. The summed E-state index contributed by atoms with van der Waals surface area (Å²) < 4.78 is 0.426. The number of nitro benzene ring substituents is 1. The first-order chi connectivity index (χ1) is 9.33. The van der Waals surface area contributed by atoms with Gasteiger partial charge in [0.05, 0.1) is 9.40 Å². The number of carbonyl (C=O) groups is 1. The van der Waals surface area contributed by atoms with E-state index in [1.165, 1.54) is 6.07 Å². The van der Waals surface area contributed by atoms with Gasteiger partial charge in [0.25, 0.3) is 5.69 Å². The van der Waals surface area contributed by atoms with Gasteiger partial charge in [0.1, 0.15) is 5.54 Å². The second-order valence-electron chi connectivity index (χ2n) is 4.93. The molecule has 0 bridgehead atoms. The van der Waals surface area contributed by atoms with Gasteiger partial charge in [-0.1, -0.05) is 12.1 Å². The molecule has 1 aliphatic rings.